The molecule has 2 aromatic carbocycles. The number of hydrogen-bond donors (Lipinski definition) is 2. The van der Waals surface area contributed by atoms with E-state index in [0.717, 1.165) is 17.0 Å². The normalized spacial score (nSPS) is 12.2. The summed E-state index contributed by atoms with van der Waals surface area (Å²) in [6.45, 7) is 5.89. The Balaban J connectivity index is 1.99. The first kappa shape index (κ1) is 26.1. The van der Waals surface area contributed by atoms with Crippen LogP contribution < -0.4 is 19.4 Å². The Morgan fingerprint density at radius 1 is 0.971 bits per heavy atom. The summed E-state index contributed by atoms with van der Waals surface area (Å²) in [5, 5.41) is 14.4. The van der Waals surface area contributed by atoms with E-state index in [1.54, 1.807) is 4.57 Å². The third kappa shape index (κ3) is 6.99. The highest BCUT2D eigenvalue weighted by atomic mass is 32.1. The van der Waals surface area contributed by atoms with Crippen molar-refractivity contribution < 1.29 is 27.9 Å². The number of anilines is 1. The van der Waals surface area contributed by atoms with Gasteiger partial charge in [0.05, 0.1) is 6.61 Å². The molecule has 5 nitrogen and oxygen atoms in total. The largest absolute Gasteiger partial charge is 0.502 e. The number of aliphatic hydroxyl groups excluding tert-OH is 1. The third-order valence-electron chi connectivity index (χ3n) is 5.17. The van der Waals surface area contributed by atoms with Crippen LogP contribution in [0.1, 0.15) is 38.8 Å². The smallest absolute Gasteiger partial charge is 0.387 e. The highest BCUT2D eigenvalue weighted by molar-refractivity contribution is 7.81. The van der Waals surface area contributed by atoms with Crippen molar-refractivity contribution in [3.05, 3.63) is 84.2 Å². The molecule has 0 unspecified atom stereocenters. The van der Waals surface area contributed by atoms with Gasteiger partial charge in [0.15, 0.2) is 23.1 Å². The van der Waals surface area contributed by atoms with Gasteiger partial charge in [-0.15, -0.1) is 0 Å². The molecule has 0 spiro atoms. The lowest BCUT2D eigenvalue weighted by molar-refractivity contribution is -0.575. The van der Waals surface area contributed by atoms with Gasteiger partial charge >= 0.3 is 6.61 Å². The molecule has 0 aliphatic heterocycles. The van der Waals surface area contributed by atoms with Gasteiger partial charge in [-0.05, 0) is 66.4 Å². The molecule has 0 aliphatic rings. The van der Waals surface area contributed by atoms with E-state index in [-0.39, 0.29) is 21.9 Å². The van der Waals surface area contributed by atoms with Crippen LogP contribution in [0.2, 0.25) is 0 Å². The number of nitrogens with zero attached hydrogens (tertiary/aromatic N) is 1. The second-order valence-electron chi connectivity index (χ2n) is 8.76. The van der Waals surface area contributed by atoms with Crippen molar-refractivity contribution >= 4 is 34.3 Å². The highest BCUT2D eigenvalue weighted by Crippen LogP contribution is 2.25. The number of alkyl halides is 2. The Morgan fingerprint density at radius 3 is 2.06 bits per heavy atom. The molecule has 3 aromatic rings. The molecule has 3 rings (SSSR count). The van der Waals surface area contributed by atoms with Crippen LogP contribution in [0, 0.1) is 0 Å². The van der Waals surface area contributed by atoms with Gasteiger partial charge in [-0.25, -0.2) is 0 Å². The van der Waals surface area contributed by atoms with E-state index < -0.39 is 6.61 Å². The molecule has 0 saturated carbocycles. The van der Waals surface area contributed by atoms with E-state index in [1.165, 1.54) is 24.3 Å². The molecule has 1 heterocycles. The van der Waals surface area contributed by atoms with Gasteiger partial charge in [0.2, 0.25) is 0 Å². The van der Waals surface area contributed by atoms with E-state index in [0.29, 0.717) is 17.9 Å². The Morgan fingerprint density at radius 2 is 1.54 bits per heavy atom. The maximum absolute atomic E-state index is 12.5. The van der Waals surface area contributed by atoms with Gasteiger partial charge < -0.3 is 19.9 Å². The van der Waals surface area contributed by atoms with Gasteiger partial charge in [0.1, 0.15) is 11.5 Å². The van der Waals surface area contributed by atoms with Crippen LogP contribution in [0.25, 0.3) is 11.5 Å². The first-order chi connectivity index (χ1) is 16.6. The van der Waals surface area contributed by atoms with Crippen molar-refractivity contribution in [2.45, 2.75) is 39.7 Å². The predicted molar refractivity (Wildman–Crippen MR) is 138 cm³/mol. The average molecular weight is 500 g/mol. The maximum atomic E-state index is 12.5. The molecule has 0 aliphatic carbocycles. The fraction of sp³-hybridized carbons (Fsp3) is 0.259. The molecule has 0 bridgehead atoms. The van der Waals surface area contributed by atoms with E-state index in [9.17, 15) is 13.9 Å². The summed E-state index contributed by atoms with van der Waals surface area (Å²) < 4.78 is 36.6. The molecule has 1 aromatic heterocycles. The summed E-state index contributed by atoms with van der Waals surface area (Å²) in [7, 11) is 0. The lowest BCUT2D eigenvalue weighted by Crippen LogP contribution is -2.39. The van der Waals surface area contributed by atoms with Crippen molar-refractivity contribution in [2.75, 3.05) is 11.9 Å². The van der Waals surface area contributed by atoms with Crippen molar-refractivity contribution in [3.8, 4) is 11.5 Å². The van der Waals surface area contributed by atoms with Crippen LogP contribution in [0.5, 0.6) is 11.5 Å². The molecule has 35 heavy (non-hydrogen) atoms. The number of rotatable bonds is 8. The monoisotopic (exact) mass is 499 g/mol. The SMILES string of the molecule is CCOc1ccc(NC(=S)/C(=C(/O)c2ccc(OC(F)F)cc2)[n+]2ccc(C(C)(C)C)cc2)cc1. The standard InChI is InChI=1S/C27H28F2N2O3S/c1-5-33-21-12-8-20(9-13-21)30-25(35)23(31-16-14-19(15-17-31)27(2,3)4)24(32)18-6-10-22(11-7-18)34-26(28)29/h6-17,26H,5H2,1-4H3,(H-,30,32,35)/p+1. The number of thiocarbonyl (C=S) groups is 1. The fourth-order valence-electron chi connectivity index (χ4n) is 3.35. The number of aliphatic hydroxyl groups is 1. The summed E-state index contributed by atoms with van der Waals surface area (Å²) in [6, 6.07) is 17.0. The summed E-state index contributed by atoms with van der Waals surface area (Å²) >= 11 is 5.68. The topological polar surface area (TPSA) is 54.6 Å². The number of pyridine rings is 1. The minimum atomic E-state index is -2.93. The molecule has 0 amide bonds. The molecule has 0 saturated heterocycles. The summed E-state index contributed by atoms with van der Waals surface area (Å²) in [4.78, 5) is 0.271. The highest BCUT2D eigenvalue weighted by Gasteiger charge is 2.25. The van der Waals surface area contributed by atoms with Crippen LogP contribution in [0.3, 0.4) is 0 Å². The predicted octanol–water partition coefficient (Wildman–Crippen LogP) is 6.60. The number of halogens is 2. The summed E-state index contributed by atoms with van der Waals surface area (Å²) in [5.74, 6) is 0.613. The van der Waals surface area contributed by atoms with Gasteiger partial charge in [-0.1, -0.05) is 33.0 Å². The van der Waals surface area contributed by atoms with E-state index in [2.05, 4.69) is 30.8 Å². The van der Waals surface area contributed by atoms with Gasteiger partial charge in [0.25, 0.3) is 5.70 Å². The van der Waals surface area contributed by atoms with Crippen LogP contribution >= 0.6 is 12.2 Å². The van der Waals surface area contributed by atoms with Crippen molar-refractivity contribution in [3.63, 3.8) is 0 Å². The number of nitrogens with one attached hydrogen (secondary N) is 1. The van der Waals surface area contributed by atoms with Crippen LogP contribution in [-0.2, 0) is 5.41 Å². The number of ether oxygens (including phenoxy) is 2. The van der Waals surface area contributed by atoms with Gasteiger partial charge in [0, 0.05) is 23.4 Å². The number of benzene rings is 2. The quantitative estimate of drug-likeness (QED) is 0.158. The zero-order valence-corrected chi connectivity index (χ0v) is 20.9. The minimum Gasteiger partial charge on any atom is -0.502 e. The average Bonchev–Trinajstić information content (AvgIpc) is 2.80. The Hall–Kier alpha value is -3.52. The Kier molecular flexibility index (Phi) is 8.40. The first-order valence-corrected chi connectivity index (χ1v) is 11.5. The van der Waals surface area contributed by atoms with E-state index >= 15 is 0 Å². The molecule has 2 N–H and O–H groups in total. The minimum absolute atomic E-state index is 0.00428. The Bertz CT molecular complexity index is 1170. The molecule has 0 fully saturated rings. The van der Waals surface area contributed by atoms with E-state index in [4.69, 9.17) is 17.0 Å². The fourth-order valence-corrected chi connectivity index (χ4v) is 3.66. The molecule has 0 atom stereocenters. The lowest BCUT2D eigenvalue weighted by Gasteiger charge is -2.18. The second kappa shape index (κ2) is 11.3. The zero-order valence-electron chi connectivity index (χ0n) is 20.1. The molecular formula is C27H29F2N2O3S+. The molecule has 8 heteroatoms. The van der Waals surface area contributed by atoms with Crippen molar-refractivity contribution in [1.82, 2.24) is 0 Å². The van der Waals surface area contributed by atoms with Crippen LogP contribution in [-0.4, -0.2) is 23.3 Å². The summed E-state index contributed by atoms with van der Waals surface area (Å²) in [5.41, 5.74) is 2.51. The summed E-state index contributed by atoms with van der Waals surface area (Å²) in [6.07, 6.45) is 3.65. The third-order valence-corrected chi connectivity index (χ3v) is 5.46. The van der Waals surface area contributed by atoms with Crippen LogP contribution in [0.4, 0.5) is 14.5 Å². The molecule has 0 radical (unpaired) electrons. The maximum Gasteiger partial charge on any atom is 0.387 e. The first-order valence-electron chi connectivity index (χ1n) is 11.1. The van der Waals surface area contributed by atoms with Crippen molar-refractivity contribution in [2.24, 2.45) is 0 Å². The zero-order chi connectivity index (χ0) is 25.6. The second-order valence-corrected chi connectivity index (χ2v) is 9.16. The van der Waals surface area contributed by atoms with E-state index in [1.807, 2.05) is 55.7 Å². The van der Waals surface area contributed by atoms with Gasteiger partial charge in [-0.2, -0.15) is 13.3 Å². The number of aromatic nitrogens is 1. The number of hydrogen-bond acceptors (Lipinski definition) is 4. The van der Waals surface area contributed by atoms with Gasteiger partial charge in [-0.3, -0.25) is 0 Å². The molecular weight excluding hydrogens is 470 g/mol. The molecule has 184 valence electrons. The Labute approximate surface area is 209 Å². The van der Waals surface area contributed by atoms with Crippen molar-refractivity contribution in [1.29, 1.82) is 0 Å². The lowest BCUT2D eigenvalue weighted by atomic mass is 9.88. The van der Waals surface area contributed by atoms with Crippen LogP contribution in [0.15, 0.2) is 73.1 Å².